The standard InChI is InChI=1S/C14H11F4N3O4S/c1-25-11-6(8(15)3-2-7(11)14(16,17)18)5-19-21-13-20-12(24)9(26-13)4-10(22)23/h2-3,5,9H,4H2,1H3,(H,22,23)(H,20,21,24). The zero-order chi connectivity index (χ0) is 19.5. The van der Waals surface area contributed by atoms with Gasteiger partial charge in [-0.25, -0.2) is 4.39 Å². The number of hydrogen-bond acceptors (Lipinski definition) is 6. The number of carbonyl (C=O) groups excluding carboxylic acids is 1. The van der Waals surface area contributed by atoms with Gasteiger partial charge in [-0.2, -0.15) is 18.3 Å². The quantitative estimate of drug-likeness (QED) is 0.454. The fourth-order valence-electron chi connectivity index (χ4n) is 2.02. The lowest BCUT2D eigenvalue weighted by Gasteiger charge is -2.14. The fraction of sp³-hybridized carbons (Fsp3) is 0.286. The first kappa shape index (κ1) is 19.7. The van der Waals surface area contributed by atoms with Crippen LogP contribution in [0.1, 0.15) is 17.5 Å². The van der Waals surface area contributed by atoms with E-state index in [1.165, 1.54) is 0 Å². The Morgan fingerprint density at radius 1 is 1.46 bits per heavy atom. The molecule has 1 aliphatic heterocycles. The number of nitrogens with one attached hydrogen (secondary N) is 1. The minimum atomic E-state index is -4.76. The van der Waals surface area contributed by atoms with Crippen molar-refractivity contribution >= 4 is 35.0 Å². The first-order chi connectivity index (χ1) is 12.1. The molecule has 1 fully saturated rings. The lowest BCUT2D eigenvalue weighted by molar-refractivity contribution is -0.139. The van der Waals surface area contributed by atoms with Gasteiger partial charge >= 0.3 is 12.1 Å². The zero-order valence-electron chi connectivity index (χ0n) is 13.0. The van der Waals surface area contributed by atoms with E-state index < -0.39 is 52.4 Å². The van der Waals surface area contributed by atoms with Gasteiger partial charge in [-0.3, -0.25) is 9.59 Å². The molecular weight excluding hydrogens is 382 g/mol. The van der Waals surface area contributed by atoms with E-state index in [9.17, 15) is 27.2 Å². The van der Waals surface area contributed by atoms with Crippen molar-refractivity contribution in [3.05, 3.63) is 29.1 Å². The number of rotatable bonds is 5. The Labute approximate surface area is 148 Å². The number of carbonyl (C=O) groups is 2. The van der Waals surface area contributed by atoms with Crippen LogP contribution in [0, 0.1) is 5.82 Å². The van der Waals surface area contributed by atoms with Crippen LogP contribution in [0.25, 0.3) is 0 Å². The van der Waals surface area contributed by atoms with Crippen LogP contribution >= 0.6 is 11.8 Å². The fourth-order valence-corrected chi connectivity index (χ4v) is 2.94. The van der Waals surface area contributed by atoms with Gasteiger partial charge in [0, 0.05) is 0 Å². The van der Waals surface area contributed by atoms with Crippen LogP contribution < -0.4 is 10.1 Å². The molecule has 1 unspecified atom stereocenters. The molecule has 7 nitrogen and oxygen atoms in total. The van der Waals surface area contributed by atoms with Crippen molar-refractivity contribution in [1.82, 2.24) is 5.32 Å². The maximum absolute atomic E-state index is 13.8. The van der Waals surface area contributed by atoms with E-state index in [0.29, 0.717) is 18.3 Å². The molecule has 1 atom stereocenters. The molecule has 1 amide bonds. The zero-order valence-corrected chi connectivity index (χ0v) is 13.8. The maximum atomic E-state index is 13.8. The molecule has 140 valence electrons. The number of benzene rings is 1. The first-order valence-corrected chi connectivity index (χ1v) is 7.75. The van der Waals surface area contributed by atoms with Crippen LogP contribution in [-0.2, 0) is 15.8 Å². The second-order valence-electron chi connectivity index (χ2n) is 4.88. The summed E-state index contributed by atoms with van der Waals surface area (Å²) < 4.78 is 57.3. The van der Waals surface area contributed by atoms with E-state index in [0.717, 1.165) is 18.9 Å². The second-order valence-corrected chi connectivity index (χ2v) is 6.07. The molecule has 0 saturated carbocycles. The number of amidine groups is 1. The Morgan fingerprint density at radius 3 is 2.73 bits per heavy atom. The molecule has 0 spiro atoms. The number of amides is 1. The topological polar surface area (TPSA) is 100 Å². The van der Waals surface area contributed by atoms with E-state index in [-0.39, 0.29) is 5.17 Å². The lowest BCUT2D eigenvalue weighted by Crippen LogP contribution is -2.26. The summed E-state index contributed by atoms with van der Waals surface area (Å²) in [5.74, 6) is -3.54. The third-order valence-corrected chi connectivity index (χ3v) is 4.20. The minimum Gasteiger partial charge on any atom is -0.495 e. The second kappa shape index (κ2) is 7.72. The Kier molecular flexibility index (Phi) is 5.85. The number of carboxylic acid groups (broad SMARTS) is 1. The van der Waals surface area contributed by atoms with Gasteiger partial charge < -0.3 is 15.2 Å². The summed E-state index contributed by atoms with van der Waals surface area (Å²) in [5, 5.41) is 17.0. The average Bonchev–Trinajstić information content (AvgIpc) is 2.86. The van der Waals surface area contributed by atoms with Crippen molar-refractivity contribution in [3.8, 4) is 5.75 Å². The smallest absolute Gasteiger partial charge is 0.419 e. The first-order valence-electron chi connectivity index (χ1n) is 6.87. The summed E-state index contributed by atoms with van der Waals surface area (Å²) in [6, 6.07) is 1.16. The summed E-state index contributed by atoms with van der Waals surface area (Å²) in [5.41, 5.74) is -1.75. The highest BCUT2D eigenvalue weighted by molar-refractivity contribution is 8.15. The molecule has 1 aromatic carbocycles. The van der Waals surface area contributed by atoms with Crippen LogP contribution in [0.3, 0.4) is 0 Å². The van der Waals surface area contributed by atoms with Gasteiger partial charge in [0.25, 0.3) is 0 Å². The SMILES string of the molecule is COc1c(C(F)(F)F)ccc(F)c1C=NN=C1NC(=O)C(CC(=O)O)S1. The number of hydrogen-bond donors (Lipinski definition) is 2. The van der Waals surface area contributed by atoms with Crippen molar-refractivity contribution in [2.24, 2.45) is 10.2 Å². The molecule has 0 bridgehead atoms. The van der Waals surface area contributed by atoms with Crippen LogP contribution in [0.5, 0.6) is 5.75 Å². The van der Waals surface area contributed by atoms with Crippen molar-refractivity contribution < 1.29 is 37.0 Å². The Hall–Kier alpha value is -2.63. The molecule has 12 heteroatoms. The molecule has 1 heterocycles. The number of nitrogens with zero attached hydrogens (tertiary/aromatic N) is 2. The van der Waals surface area contributed by atoms with E-state index in [1.807, 2.05) is 0 Å². The van der Waals surface area contributed by atoms with Crippen molar-refractivity contribution in [2.75, 3.05) is 7.11 Å². The van der Waals surface area contributed by atoms with Crippen LogP contribution in [-0.4, -0.2) is 40.7 Å². The van der Waals surface area contributed by atoms with E-state index in [2.05, 4.69) is 20.3 Å². The number of carboxylic acids is 1. The van der Waals surface area contributed by atoms with E-state index >= 15 is 0 Å². The summed E-state index contributed by atoms with van der Waals surface area (Å²) >= 11 is 0.794. The van der Waals surface area contributed by atoms with E-state index in [1.54, 1.807) is 0 Å². The molecule has 1 aromatic rings. The highest BCUT2D eigenvalue weighted by Gasteiger charge is 2.36. The average molecular weight is 393 g/mol. The monoisotopic (exact) mass is 393 g/mol. The third kappa shape index (κ3) is 4.50. The molecule has 2 N–H and O–H groups in total. The Morgan fingerprint density at radius 2 is 2.15 bits per heavy atom. The van der Waals surface area contributed by atoms with Crippen molar-refractivity contribution in [2.45, 2.75) is 17.8 Å². The highest BCUT2D eigenvalue weighted by Crippen LogP contribution is 2.38. The summed E-state index contributed by atoms with van der Waals surface area (Å²) in [6.45, 7) is 0. The predicted octanol–water partition coefficient (Wildman–Crippen LogP) is 2.25. The van der Waals surface area contributed by atoms with Gasteiger partial charge in [-0.1, -0.05) is 11.8 Å². The molecule has 1 saturated heterocycles. The van der Waals surface area contributed by atoms with Gasteiger partial charge in [0.1, 0.15) is 16.8 Å². The van der Waals surface area contributed by atoms with Crippen molar-refractivity contribution in [3.63, 3.8) is 0 Å². The van der Waals surface area contributed by atoms with Gasteiger partial charge in [0.2, 0.25) is 5.91 Å². The molecule has 26 heavy (non-hydrogen) atoms. The third-order valence-electron chi connectivity index (χ3n) is 3.12. The number of ether oxygens (including phenoxy) is 1. The van der Waals surface area contributed by atoms with Gasteiger partial charge in [-0.05, 0) is 12.1 Å². The van der Waals surface area contributed by atoms with E-state index in [4.69, 9.17) is 5.11 Å². The van der Waals surface area contributed by atoms with Gasteiger partial charge in [-0.15, -0.1) is 5.10 Å². The van der Waals surface area contributed by atoms with Crippen LogP contribution in [0.2, 0.25) is 0 Å². The predicted molar refractivity (Wildman–Crippen MR) is 84.8 cm³/mol. The number of alkyl halides is 3. The largest absolute Gasteiger partial charge is 0.495 e. The summed E-state index contributed by atoms with van der Waals surface area (Å²) in [6.07, 6.45) is -4.48. The summed E-state index contributed by atoms with van der Waals surface area (Å²) in [7, 11) is 0.955. The Balaban J connectivity index is 2.26. The summed E-state index contributed by atoms with van der Waals surface area (Å²) in [4.78, 5) is 22.1. The van der Waals surface area contributed by atoms with Crippen molar-refractivity contribution in [1.29, 1.82) is 0 Å². The highest BCUT2D eigenvalue weighted by atomic mass is 32.2. The molecule has 1 aliphatic rings. The molecule has 2 rings (SSSR count). The van der Waals surface area contributed by atoms with Gasteiger partial charge in [0.15, 0.2) is 5.17 Å². The van der Waals surface area contributed by atoms with Gasteiger partial charge in [0.05, 0.1) is 30.9 Å². The molecular formula is C14H11F4N3O4S. The molecule has 0 aliphatic carbocycles. The number of thioether (sulfide) groups is 1. The molecule has 0 aromatic heterocycles. The molecule has 0 radical (unpaired) electrons. The minimum absolute atomic E-state index is 0.0520. The van der Waals surface area contributed by atoms with Crippen LogP contribution in [0.15, 0.2) is 22.3 Å². The number of aliphatic carboxylic acids is 1. The normalized spacial score (nSPS) is 19.2. The number of halogens is 4. The maximum Gasteiger partial charge on any atom is 0.419 e. The lowest BCUT2D eigenvalue weighted by atomic mass is 10.1. The number of methoxy groups -OCH3 is 1. The Bertz CT molecular complexity index is 795. The van der Waals surface area contributed by atoms with Crippen LogP contribution in [0.4, 0.5) is 17.6 Å².